The van der Waals surface area contributed by atoms with Crippen LogP contribution in [0.4, 0.5) is 0 Å². The van der Waals surface area contributed by atoms with Crippen LogP contribution in [0.15, 0.2) is 0 Å². The van der Waals surface area contributed by atoms with Crippen molar-refractivity contribution in [3.8, 4) is 0 Å². The van der Waals surface area contributed by atoms with E-state index in [9.17, 15) is 0 Å². The largest absolute Gasteiger partial charge is 2.00 e. The van der Waals surface area contributed by atoms with Crippen molar-refractivity contribution in [2.45, 2.75) is 0 Å². The monoisotopic (exact) mass is 318 g/mol. The van der Waals surface area contributed by atoms with Gasteiger partial charge < -0.3 is 19.2 Å². The molecule has 0 aliphatic carbocycles. The number of hydrogen-bond acceptors (Lipinski definition) is 4. The number of rotatable bonds is 0. The van der Waals surface area contributed by atoms with Crippen molar-refractivity contribution >= 4 is 56.7 Å². The number of phosphoric acid groups is 1. The van der Waals surface area contributed by atoms with Crippen molar-refractivity contribution in [1.82, 2.24) is 0 Å². The predicted octanol–water partition coefficient (Wildman–Crippen LogP) is -6.20. The summed E-state index contributed by atoms with van der Waals surface area (Å²) in [7, 11) is -5.39. The van der Waals surface area contributed by atoms with Crippen LogP contribution in [0.25, 0.3) is 0 Å². The molecule has 0 saturated heterocycles. The van der Waals surface area contributed by atoms with E-state index >= 15 is 0 Å². The maximum absolute atomic E-state index is 8.55. The Morgan fingerprint density at radius 3 is 1.14 bits per heavy atom. The van der Waals surface area contributed by atoms with Crippen LogP contribution >= 0.6 is 7.82 Å². The molecular weight excluding hydrogens is 318 g/mol. The SMILES string of the molecule is O=P([O-])([O-])[O-].[Ba+2].[Rb+]. The summed E-state index contributed by atoms with van der Waals surface area (Å²) in [4.78, 5) is 25.6. The summed E-state index contributed by atoms with van der Waals surface area (Å²) in [5.74, 6) is 0. The van der Waals surface area contributed by atoms with E-state index in [1.165, 1.54) is 0 Å². The van der Waals surface area contributed by atoms with E-state index in [2.05, 4.69) is 0 Å². The summed E-state index contributed by atoms with van der Waals surface area (Å²) >= 11 is 0. The summed E-state index contributed by atoms with van der Waals surface area (Å²) in [5, 5.41) is 0. The van der Waals surface area contributed by atoms with Crippen molar-refractivity contribution in [3.63, 3.8) is 0 Å². The van der Waals surface area contributed by atoms with Gasteiger partial charge in [-0.1, -0.05) is 0 Å². The summed E-state index contributed by atoms with van der Waals surface area (Å²) in [5.41, 5.74) is 0. The summed E-state index contributed by atoms with van der Waals surface area (Å²) < 4.78 is 8.55. The molecular formula is BaO4PRb. The van der Waals surface area contributed by atoms with Crippen LogP contribution < -0.4 is 72.9 Å². The van der Waals surface area contributed by atoms with Gasteiger partial charge >= 0.3 is 107 Å². The molecule has 0 heterocycles. The Labute approximate surface area is 130 Å². The normalized spacial score (nSPS) is 8.43. The van der Waals surface area contributed by atoms with Gasteiger partial charge in [0.1, 0.15) is 0 Å². The first-order valence-electron chi connectivity index (χ1n) is 0.730. The van der Waals surface area contributed by atoms with E-state index in [-0.39, 0.29) is 107 Å². The van der Waals surface area contributed by atoms with E-state index in [1.54, 1.807) is 0 Å². The molecule has 0 aromatic carbocycles. The summed E-state index contributed by atoms with van der Waals surface area (Å²) in [6, 6.07) is 0. The van der Waals surface area contributed by atoms with E-state index in [0.717, 1.165) is 0 Å². The minimum absolute atomic E-state index is 0. The predicted molar refractivity (Wildman–Crippen MR) is 13.4 cm³/mol. The van der Waals surface area contributed by atoms with Crippen LogP contribution in [-0.2, 0) is 4.57 Å². The third-order valence-electron chi connectivity index (χ3n) is 0. The molecule has 0 atom stereocenters. The topological polar surface area (TPSA) is 86.2 Å². The molecule has 0 aromatic rings. The van der Waals surface area contributed by atoms with Gasteiger partial charge in [-0.25, -0.2) is 0 Å². The Hall–Kier alpha value is 3.49. The molecule has 0 aliphatic rings. The fraction of sp³-hybridized carbons (Fsp3) is 0. The minimum Gasteiger partial charge on any atom is -0.822 e. The Balaban J connectivity index is -0.0000000800. The standard InChI is InChI=1S/Ba.H3O4P.Rb/c;1-5(2,3)4;/h;(H3,1,2,3,4);/q+2;;+1/p-3. The van der Waals surface area contributed by atoms with Gasteiger partial charge in [-0.05, 0) is 0 Å². The molecule has 0 N–H and O–H groups in total. The molecule has 0 amide bonds. The van der Waals surface area contributed by atoms with Gasteiger partial charge in [0, 0.05) is 0 Å². The van der Waals surface area contributed by atoms with Crippen molar-refractivity contribution < 1.29 is 77.4 Å². The zero-order valence-electron chi connectivity index (χ0n) is 3.79. The zero-order valence-corrected chi connectivity index (χ0v) is 14.0. The van der Waals surface area contributed by atoms with E-state index in [4.69, 9.17) is 19.2 Å². The fourth-order valence-corrected chi connectivity index (χ4v) is 0. The van der Waals surface area contributed by atoms with Gasteiger partial charge in [0.2, 0.25) is 0 Å². The third kappa shape index (κ3) is 43.7. The van der Waals surface area contributed by atoms with Crippen LogP contribution in [0.3, 0.4) is 0 Å². The van der Waals surface area contributed by atoms with Crippen LogP contribution in [0.5, 0.6) is 0 Å². The van der Waals surface area contributed by atoms with Crippen molar-refractivity contribution in [2.24, 2.45) is 0 Å². The molecule has 7 heteroatoms. The van der Waals surface area contributed by atoms with Crippen molar-refractivity contribution in [3.05, 3.63) is 0 Å². The first-order valence-corrected chi connectivity index (χ1v) is 2.19. The fourth-order valence-electron chi connectivity index (χ4n) is 0. The maximum Gasteiger partial charge on any atom is 2.00 e. The number of hydrogen-bond donors (Lipinski definition) is 0. The van der Waals surface area contributed by atoms with Gasteiger partial charge in [-0.3, -0.25) is 0 Å². The summed E-state index contributed by atoms with van der Waals surface area (Å²) in [6.45, 7) is 0. The molecule has 32 valence electrons. The van der Waals surface area contributed by atoms with E-state index < -0.39 is 7.82 Å². The van der Waals surface area contributed by atoms with Crippen LogP contribution in [0.1, 0.15) is 0 Å². The Morgan fingerprint density at radius 1 is 1.14 bits per heavy atom. The molecule has 4 nitrogen and oxygen atoms in total. The Kier molecular flexibility index (Phi) is 18.3. The molecule has 0 fully saturated rings. The molecule has 0 aliphatic heterocycles. The van der Waals surface area contributed by atoms with Crippen LogP contribution in [0.2, 0.25) is 0 Å². The van der Waals surface area contributed by atoms with Gasteiger partial charge in [-0.2, -0.15) is 7.82 Å². The van der Waals surface area contributed by atoms with Crippen LogP contribution in [-0.4, -0.2) is 48.9 Å². The van der Waals surface area contributed by atoms with Crippen molar-refractivity contribution in [1.29, 1.82) is 0 Å². The smallest absolute Gasteiger partial charge is 0.822 e. The quantitative estimate of drug-likeness (QED) is 0.329. The second-order valence-corrected chi connectivity index (χ2v) is 1.34. The average molecular weight is 318 g/mol. The Bertz CT molecular complexity index is 57.8. The van der Waals surface area contributed by atoms with Crippen molar-refractivity contribution in [2.75, 3.05) is 0 Å². The second kappa shape index (κ2) is 7.59. The molecule has 7 heavy (non-hydrogen) atoms. The van der Waals surface area contributed by atoms with Gasteiger partial charge in [0.05, 0.1) is 0 Å². The van der Waals surface area contributed by atoms with Gasteiger partial charge in [0.25, 0.3) is 0 Å². The third-order valence-corrected chi connectivity index (χ3v) is 0. The second-order valence-electron chi connectivity index (χ2n) is 0.447. The van der Waals surface area contributed by atoms with Crippen LogP contribution in [0, 0.1) is 0 Å². The first-order chi connectivity index (χ1) is 2.00. The minimum atomic E-state index is -5.39. The zero-order chi connectivity index (χ0) is 4.50. The van der Waals surface area contributed by atoms with E-state index in [1.807, 2.05) is 0 Å². The molecule has 0 unspecified atom stereocenters. The summed E-state index contributed by atoms with van der Waals surface area (Å²) in [6.07, 6.45) is 0. The molecule has 0 radical (unpaired) electrons. The van der Waals surface area contributed by atoms with E-state index in [0.29, 0.717) is 0 Å². The average Bonchev–Trinajstić information content (AvgIpc) is 0.722. The Morgan fingerprint density at radius 2 is 1.14 bits per heavy atom. The molecule has 0 saturated carbocycles. The van der Waals surface area contributed by atoms with Gasteiger partial charge in [-0.15, -0.1) is 0 Å². The molecule has 0 spiro atoms. The molecule has 0 bridgehead atoms. The molecule has 0 aromatic heterocycles. The van der Waals surface area contributed by atoms with Gasteiger partial charge in [0.15, 0.2) is 0 Å². The first kappa shape index (κ1) is 16.8. The molecule has 0 rings (SSSR count). The maximum atomic E-state index is 8.55.